The Balaban J connectivity index is 2.58. The molecule has 1 aliphatic heterocycles. The van der Waals surface area contributed by atoms with E-state index in [0.29, 0.717) is 11.3 Å². The summed E-state index contributed by atoms with van der Waals surface area (Å²) in [4.78, 5) is 8.55. The molecule has 0 unspecified atom stereocenters. The Morgan fingerprint density at radius 2 is 2.25 bits per heavy atom. The highest BCUT2D eigenvalue weighted by atomic mass is 35.5. The van der Waals surface area contributed by atoms with Gasteiger partial charge in [-0.3, -0.25) is 4.90 Å². The fourth-order valence-corrected chi connectivity index (χ4v) is 1.36. The monoisotopic (exact) mass is 189 g/mol. The quantitative estimate of drug-likeness (QED) is 0.614. The predicted molar refractivity (Wildman–Crippen MR) is 52.4 cm³/mol. The van der Waals surface area contributed by atoms with Crippen molar-refractivity contribution < 1.29 is 0 Å². The summed E-state index contributed by atoms with van der Waals surface area (Å²) in [6, 6.07) is 0.535. The minimum atomic E-state index is 0.535. The third kappa shape index (κ3) is 2.11. The molecule has 0 atom stereocenters. The second kappa shape index (κ2) is 4.10. The molecule has 0 aromatic rings. The van der Waals surface area contributed by atoms with Crippen LogP contribution in [-0.2, 0) is 0 Å². The molecular weight excluding hydrogens is 174 g/mol. The van der Waals surface area contributed by atoms with Crippen molar-refractivity contribution >= 4 is 16.9 Å². The first kappa shape index (κ1) is 9.81. The van der Waals surface area contributed by atoms with Gasteiger partial charge in [0.15, 0.2) is 5.29 Å². The largest absolute Gasteiger partial charge is 0.334 e. The van der Waals surface area contributed by atoms with Gasteiger partial charge in [-0.2, -0.15) is 0 Å². The average molecular weight is 190 g/mol. The van der Waals surface area contributed by atoms with Crippen LogP contribution in [0.3, 0.4) is 0 Å². The smallest absolute Gasteiger partial charge is 0.196 e. The first-order valence-corrected chi connectivity index (χ1v) is 4.72. The van der Waals surface area contributed by atoms with E-state index in [1.54, 1.807) is 0 Å². The lowest BCUT2D eigenvalue weighted by Gasteiger charge is -2.35. The van der Waals surface area contributed by atoms with E-state index >= 15 is 0 Å². The first-order chi connectivity index (χ1) is 5.65. The summed E-state index contributed by atoms with van der Waals surface area (Å²) in [6.45, 7) is 8.97. The van der Waals surface area contributed by atoms with Crippen LogP contribution in [0.25, 0.3) is 0 Å². The van der Waals surface area contributed by atoms with Crippen molar-refractivity contribution in [3.05, 3.63) is 0 Å². The number of hydrogen-bond donors (Lipinski definition) is 0. The number of rotatable bonds is 2. The van der Waals surface area contributed by atoms with Gasteiger partial charge in [-0.05, 0) is 32.4 Å². The summed E-state index contributed by atoms with van der Waals surface area (Å²) in [7, 11) is 0. The van der Waals surface area contributed by atoms with Crippen LogP contribution in [0.15, 0.2) is 4.99 Å². The number of amidine groups is 1. The zero-order valence-electron chi connectivity index (χ0n) is 7.92. The molecule has 0 amide bonds. The molecule has 0 spiro atoms. The second-order valence-electron chi connectivity index (χ2n) is 3.25. The minimum Gasteiger partial charge on any atom is -0.334 e. The van der Waals surface area contributed by atoms with Gasteiger partial charge in [0.2, 0.25) is 0 Å². The molecule has 0 saturated carbocycles. The van der Waals surface area contributed by atoms with Gasteiger partial charge in [-0.15, -0.1) is 0 Å². The van der Waals surface area contributed by atoms with Gasteiger partial charge in [0.1, 0.15) is 0 Å². The number of nitrogens with zero attached hydrogens (tertiary/aromatic N) is 3. The maximum Gasteiger partial charge on any atom is 0.196 e. The molecule has 0 aromatic carbocycles. The molecule has 12 heavy (non-hydrogen) atoms. The van der Waals surface area contributed by atoms with E-state index in [0.717, 1.165) is 19.9 Å². The fraction of sp³-hybridized carbons (Fsp3) is 0.875. The van der Waals surface area contributed by atoms with Crippen LogP contribution >= 0.6 is 11.6 Å². The SMILES string of the molecule is CCN1CN(C(C)C)CN=C1Cl. The Bertz CT molecular complexity index is 179. The standard InChI is InChI=1S/C8H16ClN3/c1-4-11-6-12(7(2)3)5-10-8(11)9/h7H,4-6H2,1-3H3. The molecule has 0 aliphatic carbocycles. The Morgan fingerprint density at radius 1 is 1.58 bits per heavy atom. The maximum absolute atomic E-state index is 5.90. The molecule has 4 heteroatoms. The zero-order chi connectivity index (χ0) is 9.14. The van der Waals surface area contributed by atoms with Crippen LogP contribution in [0.5, 0.6) is 0 Å². The summed E-state index contributed by atoms with van der Waals surface area (Å²) in [6.07, 6.45) is 0. The lowest BCUT2D eigenvalue weighted by Crippen LogP contribution is -2.46. The average Bonchev–Trinajstić information content (AvgIpc) is 2.05. The first-order valence-electron chi connectivity index (χ1n) is 4.34. The van der Waals surface area contributed by atoms with Crippen molar-refractivity contribution in [3.8, 4) is 0 Å². The molecule has 0 radical (unpaired) electrons. The Morgan fingerprint density at radius 3 is 2.75 bits per heavy atom. The Kier molecular flexibility index (Phi) is 3.35. The van der Waals surface area contributed by atoms with Gasteiger partial charge in [0.05, 0.1) is 13.3 Å². The molecule has 1 aliphatic rings. The van der Waals surface area contributed by atoms with E-state index in [2.05, 4.69) is 35.6 Å². The van der Waals surface area contributed by atoms with E-state index in [-0.39, 0.29) is 0 Å². The molecule has 0 fully saturated rings. The zero-order valence-corrected chi connectivity index (χ0v) is 8.67. The fourth-order valence-electron chi connectivity index (χ4n) is 1.13. The van der Waals surface area contributed by atoms with Crippen LogP contribution in [0.1, 0.15) is 20.8 Å². The van der Waals surface area contributed by atoms with E-state index in [1.165, 1.54) is 0 Å². The maximum atomic E-state index is 5.90. The lowest BCUT2D eigenvalue weighted by atomic mass is 10.3. The van der Waals surface area contributed by atoms with Crippen molar-refractivity contribution in [3.63, 3.8) is 0 Å². The van der Waals surface area contributed by atoms with Gasteiger partial charge >= 0.3 is 0 Å². The van der Waals surface area contributed by atoms with Gasteiger partial charge in [-0.1, -0.05) is 0 Å². The molecular formula is C8H16ClN3. The highest BCUT2D eigenvalue weighted by molar-refractivity contribution is 6.64. The van der Waals surface area contributed by atoms with E-state index in [1.807, 2.05) is 0 Å². The molecule has 0 bridgehead atoms. The Labute approximate surface area is 79.0 Å². The molecule has 0 saturated heterocycles. The van der Waals surface area contributed by atoms with Crippen LogP contribution in [0, 0.1) is 0 Å². The normalized spacial score (nSPS) is 20.1. The molecule has 1 rings (SSSR count). The summed E-state index contributed by atoms with van der Waals surface area (Å²) in [5.74, 6) is 0. The highest BCUT2D eigenvalue weighted by Crippen LogP contribution is 2.09. The lowest BCUT2D eigenvalue weighted by molar-refractivity contribution is 0.144. The molecule has 70 valence electrons. The number of halogens is 1. The Hall–Kier alpha value is -0.280. The van der Waals surface area contributed by atoms with Crippen molar-refractivity contribution in [2.45, 2.75) is 26.8 Å². The van der Waals surface area contributed by atoms with Gasteiger partial charge in [0.25, 0.3) is 0 Å². The summed E-state index contributed by atoms with van der Waals surface area (Å²) in [5.41, 5.74) is 0. The van der Waals surface area contributed by atoms with Gasteiger partial charge in [-0.25, -0.2) is 4.99 Å². The van der Waals surface area contributed by atoms with Gasteiger partial charge in [0, 0.05) is 12.6 Å². The summed E-state index contributed by atoms with van der Waals surface area (Å²) < 4.78 is 0. The third-order valence-corrected chi connectivity index (χ3v) is 2.47. The van der Waals surface area contributed by atoms with Crippen molar-refractivity contribution in [2.75, 3.05) is 19.9 Å². The molecule has 0 N–H and O–H groups in total. The van der Waals surface area contributed by atoms with Crippen LogP contribution in [0.4, 0.5) is 0 Å². The van der Waals surface area contributed by atoms with E-state index in [9.17, 15) is 0 Å². The molecule has 1 heterocycles. The summed E-state index contributed by atoms with van der Waals surface area (Å²) >= 11 is 5.90. The predicted octanol–water partition coefficient (Wildman–Crippen LogP) is 1.54. The topological polar surface area (TPSA) is 18.8 Å². The van der Waals surface area contributed by atoms with Crippen LogP contribution < -0.4 is 0 Å². The van der Waals surface area contributed by atoms with Gasteiger partial charge < -0.3 is 4.90 Å². The third-order valence-electron chi connectivity index (χ3n) is 2.11. The summed E-state index contributed by atoms with van der Waals surface area (Å²) in [5, 5.41) is 0.648. The number of hydrogen-bond acceptors (Lipinski definition) is 3. The van der Waals surface area contributed by atoms with E-state index < -0.39 is 0 Å². The second-order valence-corrected chi connectivity index (χ2v) is 3.59. The van der Waals surface area contributed by atoms with Crippen molar-refractivity contribution in [1.29, 1.82) is 0 Å². The molecule has 0 aromatic heterocycles. The number of aliphatic imine (C=N–C) groups is 1. The van der Waals surface area contributed by atoms with Crippen molar-refractivity contribution in [1.82, 2.24) is 9.80 Å². The minimum absolute atomic E-state index is 0.535. The van der Waals surface area contributed by atoms with E-state index in [4.69, 9.17) is 11.6 Å². The molecule has 3 nitrogen and oxygen atoms in total. The van der Waals surface area contributed by atoms with Crippen molar-refractivity contribution in [2.24, 2.45) is 4.99 Å². The van der Waals surface area contributed by atoms with Crippen LogP contribution in [0.2, 0.25) is 0 Å². The highest BCUT2D eigenvalue weighted by Gasteiger charge is 2.19. The van der Waals surface area contributed by atoms with Crippen LogP contribution in [-0.4, -0.2) is 41.0 Å².